The van der Waals surface area contributed by atoms with Crippen LogP contribution in [0.2, 0.25) is 0 Å². The van der Waals surface area contributed by atoms with E-state index < -0.39 is 0 Å². The lowest BCUT2D eigenvalue weighted by Gasteiger charge is -2.10. The van der Waals surface area contributed by atoms with Crippen molar-refractivity contribution >= 4 is 23.0 Å². The first-order valence-corrected chi connectivity index (χ1v) is 7.39. The molecular weight excluding hydrogens is 296 g/mol. The van der Waals surface area contributed by atoms with Crippen LogP contribution in [-0.2, 0) is 4.74 Å². The molecule has 0 bridgehead atoms. The summed E-state index contributed by atoms with van der Waals surface area (Å²) in [5.74, 6) is -0.225. The Labute approximate surface area is 133 Å². The first-order chi connectivity index (χ1) is 10.9. The van der Waals surface area contributed by atoms with Gasteiger partial charge in [-0.25, -0.2) is 14.8 Å². The fourth-order valence-electron chi connectivity index (χ4n) is 2.44. The summed E-state index contributed by atoms with van der Waals surface area (Å²) in [6, 6.07) is 5.22. The lowest BCUT2D eigenvalue weighted by Crippen LogP contribution is -2.34. The van der Waals surface area contributed by atoms with Crippen molar-refractivity contribution < 1.29 is 14.3 Å². The predicted octanol–water partition coefficient (Wildman–Crippen LogP) is 1.43. The maximum atomic E-state index is 12.2. The number of nitrogens with zero attached hydrogens (tertiary/aromatic N) is 3. The maximum absolute atomic E-state index is 12.2. The lowest BCUT2D eigenvalue weighted by atomic mass is 10.1. The second-order valence-corrected chi connectivity index (χ2v) is 5.69. The zero-order valence-corrected chi connectivity index (χ0v) is 13.3. The highest BCUT2D eigenvalue weighted by Crippen LogP contribution is 2.15. The van der Waals surface area contributed by atoms with Crippen LogP contribution in [0.5, 0.6) is 0 Å². The van der Waals surface area contributed by atoms with Crippen LogP contribution in [0.3, 0.4) is 0 Å². The van der Waals surface area contributed by atoms with Crippen LogP contribution in [0.25, 0.3) is 11.0 Å². The van der Waals surface area contributed by atoms with Gasteiger partial charge in [0.05, 0.1) is 35.5 Å². The Kier molecular flexibility index (Phi) is 3.85. The number of cyclic esters (lactones) is 1. The number of aryl methyl sites for hydroxylation is 2. The largest absolute Gasteiger partial charge is 0.442 e. The van der Waals surface area contributed by atoms with E-state index >= 15 is 0 Å². The maximum Gasteiger partial charge on any atom is 0.410 e. The van der Waals surface area contributed by atoms with E-state index in [-0.39, 0.29) is 24.6 Å². The quantitative estimate of drug-likeness (QED) is 0.926. The molecule has 0 radical (unpaired) electrons. The number of benzene rings is 1. The molecule has 2 amide bonds. The van der Waals surface area contributed by atoms with E-state index in [0.29, 0.717) is 17.6 Å². The molecule has 1 N–H and O–H groups in total. The average Bonchev–Trinajstić information content (AvgIpc) is 2.84. The van der Waals surface area contributed by atoms with Crippen molar-refractivity contribution in [2.45, 2.75) is 20.0 Å². The predicted molar refractivity (Wildman–Crippen MR) is 84.2 cm³/mol. The minimum Gasteiger partial charge on any atom is -0.442 e. The van der Waals surface area contributed by atoms with E-state index in [1.807, 2.05) is 13.8 Å². The highest BCUT2D eigenvalue weighted by molar-refractivity contribution is 5.97. The van der Waals surface area contributed by atoms with Gasteiger partial charge in [0.2, 0.25) is 0 Å². The molecule has 1 aromatic heterocycles. The van der Waals surface area contributed by atoms with Crippen molar-refractivity contribution in [3.05, 3.63) is 35.2 Å². The Bertz CT molecular complexity index is 790. The summed E-state index contributed by atoms with van der Waals surface area (Å²) in [6.07, 6.45) is -0.683. The summed E-state index contributed by atoms with van der Waals surface area (Å²) >= 11 is 0. The minimum atomic E-state index is -0.365. The van der Waals surface area contributed by atoms with Gasteiger partial charge in [-0.2, -0.15) is 0 Å². The zero-order valence-electron chi connectivity index (χ0n) is 13.3. The monoisotopic (exact) mass is 314 g/mol. The molecule has 2 aromatic rings. The van der Waals surface area contributed by atoms with Crippen molar-refractivity contribution in [3.63, 3.8) is 0 Å². The summed E-state index contributed by atoms with van der Waals surface area (Å²) < 4.78 is 5.11. The first kappa shape index (κ1) is 15.2. The van der Waals surface area contributed by atoms with Crippen LogP contribution in [0.15, 0.2) is 18.2 Å². The van der Waals surface area contributed by atoms with Crippen LogP contribution in [-0.4, -0.2) is 53.1 Å². The number of ether oxygens (including phenoxy) is 1. The van der Waals surface area contributed by atoms with Gasteiger partial charge in [0.15, 0.2) is 0 Å². The molecule has 1 aliphatic rings. The lowest BCUT2D eigenvalue weighted by molar-refractivity contribution is 0.0915. The van der Waals surface area contributed by atoms with Crippen molar-refractivity contribution in [1.82, 2.24) is 20.2 Å². The molecule has 1 fully saturated rings. The third kappa shape index (κ3) is 3.08. The standard InChI is InChI=1S/C16H18N4O3/c1-9-10(2)19-14-6-11(4-5-13(14)18-9)15(21)17-7-12-8-20(3)16(22)23-12/h4-6,12H,7-8H2,1-3H3,(H,17,21). The van der Waals surface area contributed by atoms with Gasteiger partial charge in [0.1, 0.15) is 6.10 Å². The van der Waals surface area contributed by atoms with E-state index in [1.54, 1.807) is 25.2 Å². The second-order valence-electron chi connectivity index (χ2n) is 5.69. The molecule has 1 saturated heterocycles. The summed E-state index contributed by atoms with van der Waals surface area (Å²) in [7, 11) is 1.66. The number of rotatable bonds is 3. The number of likely N-dealkylation sites (N-methyl/N-ethyl adjacent to an activating group) is 1. The van der Waals surface area contributed by atoms with Crippen LogP contribution in [0.4, 0.5) is 4.79 Å². The fourth-order valence-corrected chi connectivity index (χ4v) is 2.44. The molecule has 7 nitrogen and oxygen atoms in total. The molecule has 120 valence electrons. The number of amides is 2. The van der Waals surface area contributed by atoms with Crippen LogP contribution in [0, 0.1) is 13.8 Å². The molecule has 1 aromatic carbocycles. The van der Waals surface area contributed by atoms with Crippen molar-refractivity contribution in [2.24, 2.45) is 0 Å². The van der Waals surface area contributed by atoms with Gasteiger partial charge in [-0.15, -0.1) is 0 Å². The second kappa shape index (κ2) is 5.83. The Morgan fingerprint density at radius 1 is 1.30 bits per heavy atom. The van der Waals surface area contributed by atoms with Crippen molar-refractivity contribution in [3.8, 4) is 0 Å². The van der Waals surface area contributed by atoms with Crippen molar-refractivity contribution in [1.29, 1.82) is 0 Å². The van der Waals surface area contributed by atoms with Gasteiger partial charge in [-0.3, -0.25) is 4.79 Å². The Morgan fingerprint density at radius 2 is 2.00 bits per heavy atom. The van der Waals surface area contributed by atoms with E-state index in [1.165, 1.54) is 4.90 Å². The number of aromatic nitrogens is 2. The van der Waals surface area contributed by atoms with Gasteiger partial charge in [-0.05, 0) is 32.0 Å². The minimum absolute atomic E-state index is 0.225. The number of hydrogen-bond acceptors (Lipinski definition) is 5. The fraction of sp³-hybridized carbons (Fsp3) is 0.375. The molecule has 2 heterocycles. The molecule has 1 unspecified atom stereocenters. The van der Waals surface area contributed by atoms with E-state index in [0.717, 1.165) is 16.9 Å². The third-order valence-corrected chi connectivity index (χ3v) is 3.88. The Hall–Kier alpha value is -2.70. The molecule has 7 heteroatoms. The van der Waals surface area contributed by atoms with E-state index in [4.69, 9.17) is 4.74 Å². The molecule has 0 aliphatic carbocycles. The van der Waals surface area contributed by atoms with Crippen LogP contribution >= 0.6 is 0 Å². The number of hydrogen-bond donors (Lipinski definition) is 1. The summed E-state index contributed by atoms with van der Waals surface area (Å²) in [6.45, 7) is 4.55. The van der Waals surface area contributed by atoms with Crippen LogP contribution in [0.1, 0.15) is 21.7 Å². The van der Waals surface area contributed by atoms with Gasteiger partial charge in [0.25, 0.3) is 5.91 Å². The number of carbonyl (C=O) groups excluding carboxylic acids is 2. The van der Waals surface area contributed by atoms with Gasteiger partial charge in [0, 0.05) is 12.6 Å². The first-order valence-electron chi connectivity index (χ1n) is 7.39. The van der Waals surface area contributed by atoms with E-state index in [9.17, 15) is 9.59 Å². The van der Waals surface area contributed by atoms with E-state index in [2.05, 4.69) is 15.3 Å². The number of carbonyl (C=O) groups is 2. The van der Waals surface area contributed by atoms with Crippen molar-refractivity contribution in [2.75, 3.05) is 20.1 Å². The molecule has 1 aliphatic heterocycles. The third-order valence-electron chi connectivity index (χ3n) is 3.88. The molecule has 23 heavy (non-hydrogen) atoms. The number of fused-ring (bicyclic) bond motifs is 1. The normalized spacial score (nSPS) is 17.4. The zero-order chi connectivity index (χ0) is 16.6. The van der Waals surface area contributed by atoms with Gasteiger partial charge >= 0.3 is 6.09 Å². The topological polar surface area (TPSA) is 84.4 Å². The Balaban J connectivity index is 1.71. The highest BCUT2D eigenvalue weighted by Gasteiger charge is 2.28. The molecule has 3 rings (SSSR count). The molecule has 1 atom stereocenters. The van der Waals surface area contributed by atoms with Crippen LogP contribution < -0.4 is 5.32 Å². The molecule has 0 spiro atoms. The SMILES string of the molecule is Cc1nc2ccc(C(=O)NCC3CN(C)C(=O)O3)cc2nc1C. The average molecular weight is 314 g/mol. The highest BCUT2D eigenvalue weighted by atomic mass is 16.6. The summed E-state index contributed by atoms with van der Waals surface area (Å²) in [4.78, 5) is 33.9. The Morgan fingerprint density at radius 3 is 2.65 bits per heavy atom. The number of nitrogens with one attached hydrogen (secondary N) is 1. The smallest absolute Gasteiger partial charge is 0.410 e. The molecule has 0 saturated carbocycles. The molecular formula is C16H18N4O3. The summed E-state index contributed by atoms with van der Waals surface area (Å²) in [5.41, 5.74) is 3.68. The van der Waals surface area contributed by atoms with Gasteiger partial charge in [-0.1, -0.05) is 0 Å². The van der Waals surface area contributed by atoms with Gasteiger partial charge < -0.3 is 15.0 Å². The summed E-state index contributed by atoms with van der Waals surface area (Å²) in [5, 5.41) is 2.78.